The van der Waals surface area contributed by atoms with Gasteiger partial charge in [0.25, 0.3) is 0 Å². The smallest absolute Gasteiger partial charge is 0.407 e. The molecule has 0 bridgehead atoms. The van der Waals surface area contributed by atoms with Crippen LogP contribution in [0, 0.1) is 11.8 Å². The molecule has 0 radical (unpaired) electrons. The van der Waals surface area contributed by atoms with Crippen molar-refractivity contribution < 1.29 is 24.2 Å². The van der Waals surface area contributed by atoms with Crippen LogP contribution in [0.4, 0.5) is 4.79 Å². The van der Waals surface area contributed by atoms with Gasteiger partial charge in [-0.2, -0.15) is 0 Å². The summed E-state index contributed by atoms with van der Waals surface area (Å²) in [5.74, 6) is 3.46. The summed E-state index contributed by atoms with van der Waals surface area (Å²) in [7, 11) is 0. The van der Waals surface area contributed by atoms with E-state index in [9.17, 15) is 19.5 Å². The zero-order valence-corrected chi connectivity index (χ0v) is 19.5. The Balaban J connectivity index is 1.65. The number of rotatable bonds is 10. The first-order valence-corrected chi connectivity index (χ1v) is 11.5. The number of hydrogen-bond acceptors (Lipinski definition) is 4. The van der Waals surface area contributed by atoms with Crippen LogP contribution in [0.1, 0.15) is 56.6 Å². The van der Waals surface area contributed by atoms with E-state index in [1.807, 2.05) is 43.3 Å². The molecular formula is C27H30N2O5. The number of ether oxygens (including phenoxy) is 1. The fourth-order valence-corrected chi connectivity index (χ4v) is 4.14. The third-order valence-corrected chi connectivity index (χ3v) is 5.90. The molecule has 0 fully saturated rings. The van der Waals surface area contributed by atoms with Crippen LogP contribution < -0.4 is 10.6 Å². The van der Waals surface area contributed by atoms with Crippen molar-refractivity contribution in [1.82, 2.24) is 10.6 Å². The molecule has 0 heterocycles. The number of carboxylic acid groups (broad SMARTS) is 1. The number of fused-ring (bicyclic) bond motifs is 3. The number of nitrogens with one attached hydrogen (secondary N) is 2. The minimum atomic E-state index is -1.17. The van der Waals surface area contributed by atoms with Gasteiger partial charge < -0.3 is 20.5 Å². The highest BCUT2D eigenvalue weighted by Gasteiger charge is 2.30. The van der Waals surface area contributed by atoms with E-state index in [1.165, 1.54) is 0 Å². The fourth-order valence-electron chi connectivity index (χ4n) is 4.14. The van der Waals surface area contributed by atoms with Gasteiger partial charge in [-0.3, -0.25) is 4.79 Å². The minimum absolute atomic E-state index is 0.0109. The molecule has 3 rings (SSSR count). The van der Waals surface area contributed by atoms with Gasteiger partial charge in [-0.05, 0) is 35.6 Å². The summed E-state index contributed by atoms with van der Waals surface area (Å²) >= 11 is 0. The van der Waals surface area contributed by atoms with Crippen molar-refractivity contribution in [1.29, 1.82) is 0 Å². The molecule has 2 aromatic carbocycles. The number of unbranched alkanes of at least 4 members (excludes halogenated alkanes) is 1. The topological polar surface area (TPSA) is 105 Å². The molecule has 2 atom stereocenters. The largest absolute Gasteiger partial charge is 0.480 e. The molecule has 0 spiro atoms. The lowest BCUT2D eigenvalue weighted by molar-refractivity contribution is -0.142. The molecule has 0 saturated heterocycles. The Kier molecular flexibility index (Phi) is 8.69. The molecule has 1 aliphatic carbocycles. The van der Waals surface area contributed by atoms with Gasteiger partial charge in [0.05, 0.1) is 0 Å². The van der Waals surface area contributed by atoms with Crippen LogP contribution in [0.3, 0.4) is 0 Å². The van der Waals surface area contributed by atoms with Crippen LogP contribution in [0.25, 0.3) is 11.1 Å². The molecule has 7 heteroatoms. The predicted octanol–water partition coefficient (Wildman–Crippen LogP) is 4.07. The molecule has 0 aromatic heterocycles. The molecule has 1 aliphatic rings. The Morgan fingerprint density at radius 3 is 2.18 bits per heavy atom. The first-order chi connectivity index (χ1) is 16.5. The van der Waals surface area contributed by atoms with Crippen molar-refractivity contribution in [2.75, 3.05) is 6.61 Å². The maximum Gasteiger partial charge on any atom is 0.407 e. The maximum atomic E-state index is 12.8. The second-order valence-corrected chi connectivity index (χ2v) is 8.20. The lowest BCUT2D eigenvalue weighted by Gasteiger charge is -2.21. The maximum absolute atomic E-state index is 12.8. The van der Waals surface area contributed by atoms with E-state index in [0.717, 1.165) is 28.7 Å². The second kappa shape index (κ2) is 11.9. The molecule has 2 aromatic rings. The van der Waals surface area contributed by atoms with Crippen LogP contribution >= 0.6 is 0 Å². The van der Waals surface area contributed by atoms with Crippen molar-refractivity contribution in [3.05, 3.63) is 59.7 Å². The van der Waals surface area contributed by atoms with Gasteiger partial charge in [0.2, 0.25) is 5.91 Å². The van der Waals surface area contributed by atoms with Gasteiger partial charge in [-0.1, -0.05) is 68.3 Å². The highest BCUT2D eigenvalue weighted by molar-refractivity contribution is 5.89. The summed E-state index contributed by atoms with van der Waals surface area (Å²) in [5.41, 5.74) is 4.45. The van der Waals surface area contributed by atoms with Gasteiger partial charge in [-0.15, -0.1) is 11.8 Å². The van der Waals surface area contributed by atoms with Crippen LogP contribution in [0.2, 0.25) is 0 Å². The SMILES string of the molecule is CC#CCC(NC(=O)[C@H](CCCC)NC(=O)OCC1c2ccccc2-c2ccccc21)C(=O)O. The van der Waals surface area contributed by atoms with Gasteiger partial charge in [0.15, 0.2) is 0 Å². The Morgan fingerprint density at radius 1 is 1.00 bits per heavy atom. The zero-order chi connectivity index (χ0) is 24.5. The number of aliphatic carboxylic acids is 1. The first-order valence-electron chi connectivity index (χ1n) is 11.5. The molecule has 178 valence electrons. The van der Waals surface area contributed by atoms with E-state index >= 15 is 0 Å². The first kappa shape index (κ1) is 24.8. The minimum Gasteiger partial charge on any atom is -0.480 e. The van der Waals surface area contributed by atoms with E-state index in [4.69, 9.17) is 4.74 Å². The van der Waals surface area contributed by atoms with E-state index in [2.05, 4.69) is 34.6 Å². The van der Waals surface area contributed by atoms with Gasteiger partial charge >= 0.3 is 12.1 Å². The van der Waals surface area contributed by atoms with Crippen molar-refractivity contribution in [3.63, 3.8) is 0 Å². The van der Waals surface area contributed by atoms with Crippen LogP contribution in [-0.2, 0) is 14.3 Å². The van der Waals surface area contributed by atoms with Crippen LogP contribution in [0.15, 0.2) is 48.5 Å². The Morgan fingerprint density at radius 2 is 1.62 bits per heavy atom. The summed E-state index contributed by atoms with van der Waals surface area (Å²) in [5, 5.41) is 14.5. The average molecular weight is 463 g/mol. The zero-order valence-electron chi connectivity index (χ0n) is 19.5. The van der Waals surface area contributed by atoms with Gasteiger partial charge in [-0.25, -0.2) is 9.59 Å². The lowest BCUT2D eigenvalue weighted by Crippen LogP contribution is -2.51. The number of benzene rings is 2. The van der Waals surface area contributed by atoms with Crippen LogP contribution in [0.5, 0.6) is 0 Å². The number of hydrogen-bond donors (Lipinski definition) is 3. The Hall–Kier alpha value is -3.79. The molecule has 1 unspecified atom stereocenters. The van der Waals surface area contributed by atoms with Crippen molar-refractivity contribution in [3.8, 4) is 23.0 Å². The Bertz CT molecular complexity index is 1060. The summed E-state index contributed by atoms with van der Waals surface area (Å²) in [6, 6.07) is 14.0. The van der Waals surface area contributed by atoms with Crippen LogP contribution in [-0.4, -0.2) is 41.8 Å². The van der Waals surface area contributed by atoms with Gasteiger partial charge in [0, 0.05) is 12.3 Å². The predicted molar refractivity (Wildman–Crippen MR) is 129 cm³/mol. The number of amides is 2. The highest BCUT2D eigenvalue weighted by Crippen LogP contribution is 2.44. The molecular weight excluding hydrogens is 432 g/mol. The standard InChI is InChI=1S/C27H30N2O5/c1-3-5-15-23(25(30)28-24(26(31)32)16-6-4-2)29-27(33)34-17-22-20-13-9-7-11-18(20)19-12-8-10-14-21(19)22/h7-14,22-24H,3,5,15-17H2,1-2H3,(H,28,30)(H,29,33)(H,31,32)/t23-,24?/m0/s1. The van der Waals surface area contributed by atoms with E-state index in [-0.39, 0.29) is 18.9 Å². The molecule has 2 amide bonds. The third kappa shape index (κ3) is 5.96. The summed E-state index contributed by atoms with van der Waals surface area (Å²) in [6.07, 6.45) is 1.16. The monoisotopic (exact) mass is 462 g/mol. The summed E-state index contributed by atoms with van der Waals surface area (Å²) in [6.45, 7) is 3.70. The molecule has 0 saturated carbocycles. The molecule has 3 N–H and O–H groups in total. The van der Waals surface area contributed by atoms with Crippen molar-refractivity contribution in [2.45, 2.75) is 57.5 Å². The summed E-state index contributed by atoms with van der Waals surface area (Å²) in [4.78, 5) is 36.9. The van der Waals surface area contributed by atoms with E-state index in [1.54, 1.807) is 6.92 Å². The normalized spacial score (nSPS) is 13.5. The van der Waals surface area contributed by atoms with Gasteiger partial charge in [0.1, 0.15) is 18.7 Å². The molecule has 34 heavy (non-hydrogen) atoms. The van der Waals surface area contributed by atoms with Crippen molar-refractivity contribution >= 4 is 18.0 Å². The van der Waals surface area contributed by atoms with E-state index in [0.29, 0.717) is 12.8 Å². The number of carbonyl (C=O) groups excluding carboxylic acids is 2. The highest BCUT2D eigenvalue weighted by atomic mass is 16.5. The van der Waals surface area contributed by atoms with Crippen molar-refractivity contribution in [2.24, 2.45) is 0 Å². The third-order valence-electron chi connectivity index (χ3n) is 5.90. The average Bonchev–Trinajstić information content (AvgIpc) is 3.16. The Labute approximate surface area is 199 Å². The molecule has 0 aliphatic heterocycles. The number of carbonyl (C=O) groups is 3. The summed E-state index contributed by atoms with van der Waals surface area (Å²) < 4.78 is 5.55. The lowest BCUT2D eigenvalue weighted by atomic mass is 9.98. The second-order valence-electron chi connectivity index (χ2n) is 8.20. The molecule has 7 nitrogen and oxygen atoms in total. The van der Waals surface area contributed by atoms with E-state index < -0.39 is 30.1 Å². The number of alkyl carbamates (subject to hydrolysis) is 1. The number of carboxylic acids is 1. The quantitative estimate of drug-likeness (QED) is 0.462. The fraction of sp³-hybridized carbons (Fsp3) is 0.370.